The van der Waals surface area contributed by atoms with Crippen LogP contribution in [0, 0.1) is 0 Å². The Morgan fingerprint density at radius 2 is 1.50 bits per heavy atom. The molecule has 0 saturated carbocycles. The molecule has 0 spiro atoms. The van der Waals surface area contributed by atoms with Crippen LogP contribution in [-0.4, -0.2) is 13.1 Å². The molecule has 0 heterocycles. The van der Waals surface area contributed by atoms with Crippen LogP contribution >= 0.6 is 0 Å². The largest absolute Gasteiger partial charge is 0.372 e. The molecule has 120 valence electrons. The number of fused-ring (bicyclic) bond motifs is 3. The highest BCUT2D eigenvalue weighted by molar-refractivity contribution is 5.82. The Bertz CT molecular complexity index is 860. The molecule has 0 atom stereocenters. The summed E-state index contributed by atoms with van der Waals surface area (Å²) in [5, 5.41) is 0. The van der Waals surface area contributed by atoms with Gasteiger partial charge in [-0.1, -0.05) is 54.6 Å². The second-order valence-electron chi connectivity index (χ2n) is 6.43. The molecule has 0 amide bonds. The molecule has 1 aliphatic rings. The summed E-state index contributed by atoms with van der Waals surface area (Å²) in [4.78, 5) is 2.41. The number of hydrogen-bond donors (Lipinski definition) is 0. The standard InChI is InChI=1S/C23H23N/c1-3-24(4-2)21-12-10-19-15-20-14-18(17-8-6-5-7-9-17)11-13-22(20)23(19)16-21/h5-14,16H,3-4,15H2,1-2H3. The summed E-state index contributed by atoms with van der Waals surface area (Å²) >= 11 is 0. The third-order valence-corrected chi connectivity index (χ3v) is 5.11. The van der Waals surface area contributed by atoms with Gasteiger partial charge in [0, 0.05) is 18.8 Å². The van der Waals surface area contributed by atoms with Gasteiger partial charge in [-0.2, -0.15) is 0 Å². The second kappa shape index (κ2) is 6.16. The van der Waals surface area contributed by atoms with Gasteiger partial charge in [-0.15, -0.1) is 0 Å². The van der Waals surface area contributed by atoms with Crippen molar-refractivity contribution in [1.82, 2.24) is 0 Å². The van der Waals surface area contributed by atoms with E-state index in [1.54, 1.807) is 0 Å². The highest BCUT2D eigenvalue weighted by Gasteiger charge is 2.20. The predicted octanol–water partition coefficient (Wildman–Crippen LogP) is 5.77. The second-order valence-corrected chi connectivity index (χ2v) is 6.43. The predicted molar refractivity (Wildman–Crippen MR) is 104 cm³/mol. The van der Waals surface area contributed by atoms with E-state index >= 15 is 0 Å². The Kier molecular flexibility index (Phi) is 3.86. The summed E-state index contributed by atoms with van der Waals surface area (Å²) in [5.74, 6) is 0. The molecule has 0 aromatic heterocycles. The number of hydrogen-bond acceptors (Lipinski definition) is 1. The van der Waals surface area contributed by atoms with Gasteiger partial charge in [-0.05, 0) is 65.8 Å². The molecule has 4 rings (SSSR count). The summed E-state index contributed by atoms with van der Waals surface area (Å²) in [6, 6.07) is 24.5. The Morgan fingerprint density at radius 3 is 2.25 bits per heavy atom. The van der Waals surface area contributed by atoms with Crippen LogP contribution in [0.3, 0.4) is 0 Å². The number of nitrogens with zero attached hydrogens (tertiary/aromatic N) is 1. The molecule has 0 unspecified atom stereocenters. The minimum absolute atomic E-state index is 1.05. The van der Waals surface area contributed by atoms with Crippen molar-refractivity contribution < 1.29 is 0 Å². The SMILES string of the molecule is CCN(CC)c1ccc2c(c1)-c1ccc(-c3ccccc3)cc1C2. The van der Waals surface area contributed by atoms with Crippen LogP contribution in [0.4, 0.5) is 5.69 Å². The average molecular weight is 313 g/mol. The van der Waals surface area contributed by atoms with Gasteiger partial charge in [0.05, 0.1) is 0 Å². The van der Waals surface area contributed by atoms with Gasteiger partial charge < -0.3 is 4.90 Å². The minimum Gasteiger partial charge on any atom is -0.372 e. The normalized spacial score (nSPS) is 11.9. The van der Waals surface area contributed by atoms with Crippen molar-refractivity contribution in [3.8, 4) is 22.3 Å². The van der Waals surface area contributed by atoms with Crippen LogP contribution < -0.4 is 4.90 Å². The third-order valence-electron chi connectivity index (χ3n) is 5.11. The quantitative estimate of drug-likeness (QED) is 0.462. The van der Waals surface area contributed by atoms with E-state index < -0.39 is 0 Å². The Hall–Kier alpha value is -2.54. The van der Waals surface area contributed by atoms with Crippen molar-refractivity contribution in [3.05, 3.63) is 77.9 Å². The van der Waals surface area contributed by atoms with E-state index in [0.717, 1.165) is 19.5 Å². The molecule has 0 saturated heterocycles. The van der Waals surface area contributed by atoms with Crippen LogP contribution in [0.2, 0.25) is 0 Å². The van der Waals surface area contributed by atoms with Crippen LogP contribution in [0.15, 0.2) is 66.7 Å². The van der Waals surface area contributed by atoms with Crippen molar-refractivity contribution in [2.24, 2.45) is 0 Å². The van der Waals surface area contributed by atoms with Crippen molar-refractivity contribution >= 4 is 5.69 Å². The van der Waals surface area contributed by atoms with Crippen LogP contribution in [0.5, 0.6) is 0 Å². The number of rotatable bonds is 4. The van der Waals surface area contributed by atoms with Crippen molar-refractivity contribution in [2.45, 2.75) is 20.3 Å². The molecule has 0 radical (unpaired) electrons. The first-order valence-electron chi connectivity index (χ1n) is 8.86. The Morgan fingerprint density at radius 1 is 0.708 bits per heavy atom. The van der Waals surface area contributed by atoms with Crippen LogP contribution in [-0.2, 0) is 6.42 Å². The van der Waals surface area contributed by atoms with Gasteiger partial charge in [0.1, 0.15) is 0 Å². The maximum absolute atomic E-state index is 2.41. The molecular formula is C23H23N. The topological polar surface area (TPSA) is 3.24 Å². The Labute approximate surface area is 144 Å². The first-order valence-corrected chi connectivity index (χ1v) is 8.86. The van der Waals surface area contributed by atoms with E-state index in [4.69, 9.17) is 0 Å². The van der Waals surface area contributed by atoms with Crippen LogP contribution in [0.1, 0.15) is 25.0 Å². The van der Waals surface area contributed by atoms with E-state index in [0.29, 0.717) is 0 Å². The van der Waals surface area contributed by atoms with E-state index in [1.807, 2.05) is 0 Å². The van der Waals surface area contributed by atoms with Gasteiger partial charge in [0.2, 0.25) is 0 Å². The minimum atomic E-state index is 1.05. The summed E-state index contributed by atoms with van der Waals surface area (Å²) in [5.41, 5.74) is 9.65. The molecular weight excluding hydrogens is 290 g/mol. The summed E-state index contributed by atoms with van der Waals surface area (Å²) in [6.07, 6.45) is 1.05. The van der Waals surface area contributed by atoms with E-state index in [-0.39, 0.29) is 0 Å². The molecule has 3 aromatic carbocycles. The van der Waals surface area contributed by atoms with Gasteiger partial charge in [-0.25, -0.2) is 0 Å². The van der Waals surface area contributed by atoms with Gasteiger partial charge in [-0.3, -0.25) is 0 Å². The first kappa shape index (κ1) is 15.0. The number of benzene rings is 3. The fourth-order valence-electron chi connectivity index (χ4n) is 3.77. The lowest BCUT2D eigenvalue weighted by Gasteiger charge is -2.21. The molecule has 3 aromatic rings. The summed E-state index contributed by atoms with van der Waals surface area (Å²) in [6.45, 7) is 6.54. The maximum Gasteiger partial charge on any atom is 0.0372 e. The highest BCUT2D eigenvalue weighted by atomic mass is 15.1. The third kappa shape index (κ3) is 2.50. The van der Waals surface area contributed by atoms with E-state index in [9.17, 15) is 0 Å². The van der Waals surface area contributed by atoms with Gasteiger partial charge >= 0.3 is 0 Å². The summed E-state index contributed by atoms with van der Waals surface area (Å²) in [7, 11) is 0. The average Bonchev–Trinajstić information content (AvgIpc) is 3.00. The lowest BCUT2D eigenvalue weighted by Crippen LogP contribution is -2.21. The van der Waals surface area contributed by atoms with Gasteiger partial charge in [0.25, 0.3) is 0 Å². The van der Waals surface area contributed by atoms with E-state index in [1.165, 1.54) is 39.1 Å². The first-order chi connectivity index (χ1) is 11.8. The zero-order valence-electron chi connectivity index (χ0n) is 14.4. The molecule has 1 heteroatoms. The smallest absolute Gasteiger partial charge is 0.0372 e. The lowest BCUT2D eigenvalue weighted by atomic mass is 9.99. The van der Waals surface area contributed by atoms with Crippen LogP contribution in [0.25, 0.3) is 22.3 Å². The molecule has 0 N–H and O–H groups in total. The fourth-order valence-corrected chi connectivity index (χ4v) is 3.77. The van der Waals surface area contributed by atoms with Crippen molar-refractivity contribution in [1.29, 1.82) is 0 Å². The highest BCUT2D eigenvalue weighted by Crippen LogP contribution is 2.40. The van der Waals surface area contributed by atoms with Crippen molar-refractivity contribution in [3.63, 3.8) is 0 Å². The van der Waals surface area contributed by atoms with E-state index in [2.05, 4.69) is 85.5 Å². The Balaban J connectivity index is 1.74. The zero-order valence-corrected chi connectivity index (χ0v) is 14.4. The monoisotopic (exact) mass is 313 g/mol. The number of anilines is 1. The summed E-state index contributed by atoms with van der Waals surface area (Å²) < 4.78 is 0. The van der Waals surface area contributed by atoms with Gasteiger partial charge in [0.15, 0.2) is 0 Å². The fraction of sp³-hybridized carbons (Fsp3) is 0.217. The van der Waals surface area contributed by atoms with Crippen molar-refractivity contribution in [2.75, 3.05) is 18.0 Å². The molecule has 1 aliphatic carbocycles. The molecule has 0 fully saturated rings. The lowest BCUT2D eigenvalue weighted by molar-refractivity contribution is 0.866. The molecule has 0 bridgehead atoms. The molecule has 1 nitrogen and oxygen atoms in total. The molecule has 0 aliphatic heterocycles. The molecule has 24 heavy (non-hydrogen) atoms. The zero-order chi connectivity index (χ0) is 16.5. The maximum atomic E-state index is 2.41.